The largest absolute Gasteiger partial charge is 0.469 e. The summed E-state index contributed by atoms with van der Waals surface area (Å²) in [4.78, 5) is 15.5. The summed E-state index contributed by atoms with van der Waals surface area (Å²) in [7, 11) is 1.39. The third kappa shape index (κ3) is 3.04. The van der Waals surface area contributed by atoms with Gasteiger partial charge in [-0.1, -0.05) is 0 Å². The number of methoxy groups -OCH3 is 1. The molecule has 0 radical (unpaired) electrons. The van der Waals surface area contributed by atoms with Crippen LogP contribution in [0.1, 0.15) is 37.1 Å². The minimum absolute atomic E-state index is 0.229. The maximum Gasteiger partial charge on any atom is 0.305 e. The number of rotatable bonds is 3. The average Bonchev–Trinajstić information content (AvgIpc) is 2.37. The van der Waals surface area contributed by atoms with E-state index < -0.39 is 5.79 Å². The smallest absolute Gasteiger partial charge is 0.305 e. The molecule has 1 aromatic rings. The Labute approximate surface area is 112 Å². The summed E-state index contributed by atoms with van der Waals surface area (Å²) in [5.74, 6) is -0.0913. The van der Waals surface area contributed by atoms with E-state index in [9.17, 15) is 4.79 Å². The normalized spacial score (nSPS) is 16.4. The van der Waals surface area contributed by atoms with Crippen molar-refractivity contribution in [1.82, 2.24) is 4.98 Å². The fraction of sp³-hybridized carbons (Fsp3) is 0.571. The summed E-state index contributed by atoms with van der Waals surface area (Å²) in [6.45, 7) is 6.12. The molecule has 0 aromatic carbocycles. The number of aryl methyl sites for hydroxylation is 2. The Kier molecular flexibility index (Phi) is 3.75. The Bertz CT molecular complexity index is 496. The van der Waals surface area contributed by atoms with Crippen molar-refractivity contribution >= 4 is 5.97 Å². The molecule has 0 amide bonds. The standard InChI is InChI=1S/C14H19NO4/c1-9-13-11(8-18-14(2,3)19-13)10(7-15-9)5-6-12(16)17-4/h7H,5-6,8H2,1-4H3. The summed E-state index contributed by atoms with van der Waals surface area (Å²) in [5.41, 5.74) is 2.80. The molecule has 1 aliphatic rings. The van der Waals surface area contributed by atoms with E-state index in [1.165, 1.54) is 7.11 Å². The van der Waals surface area contributed by atoms with Crippen LogP contribution in [0.5, 0.6) is 5.75 Å². The molecule has 5 heteroatoms. The number of aromatic nitrogens is 1. The van der Waals surface area contributed by atoms with Crippen molar-refractivity contribution < 1.29 is 19.0 Å². The van der Waals surface area contributed by atoms with E-state index in [0.717, 1.165) is 22.6 Å². The molecule has 5 nitrogen and oxygen atoms in total. The maximum atomic E-state index is 11.2. The molecule has 104 valence electrons. The summed E-state index contributed by atoms with van der Waals surface area (Å²) in [6.07, 6.45) is 2.69. The molecule has 0 saturated carbocycles. The monoisotopic (exact) mass is 265 g/mol. The van der Waals surface area contributed by atoms with E-state index in [-0.39, 0.29) is 5.97 Å². The highest BCUT2D eigenvalue weighted by Crippen LogP contribution is 2.35. The third-order valence-electron chi connectivity index (χ3n) is 3.14. The Morgan fingerprint density at radius 1 is 1.53 bits per heavy atom. The van der Waals surface area contributed by atoms with Gasteiger partial charge in [0.1, 0.15) is 5.75 Å². The zero-order valence-electron chi connectivity index (χ0n) is 11.8. The SMILES string of the molecule is COC(=O)CCc1cnc(C)c2c1COC(C)(C)O2. The molecule has 0 atom stereocenters. The number of ether oxygens (including phenoxy) is 3. The first-order valence-electron chi connectivity index (χ1n) is 6.30. The quantitative estimate of drug-likeness (QED) is 0.784. The zero-order valence-corrected chi connectivity index (χ0v) is 11.8. The molecule has 0 fully saturated rings. The van der Waals surface area contributed by atoms with Crippen molar-refractivity contribution in [3.8, 4) is 5.75 Å². The predicted octanol–water partition coefficient (Wildman–Crippen LogP) is 2.14. The van der Waals surface area contributed by atoms with Crippen LogP contribution >= 0.6 is 0 Å². The summed E-state index contributed by atoms with van der Waals surface area (Å²) < 4.78 is 16.1. The minimum Gasteiger partial charge on any atom is -0.469 e. The van der Waals surface area contributed by atoms with Gasteiger partial charge in [0.05, 0.1) is 19.4 Å². The van der Waals surface area contributed by atoms with Crippen LogP contribution < -0.4 is 4.74 Å². The first-order valence-corrected chi connectivity index (χ1v) is 6.30. The van der Waals surface area contributed by atoms with Crippen LogP contribution in [-0.2, 0) is 27.3 Å². The van der Waals surface area contributed by atoms with Gasteiger partial charge in [0.2, 0.25) is 5.79 Å². The van der Waals surface area contributed by atoms with Crippen molar-refractivity contribution in [3.05, 3.63) is 23.0 Å². The van der Waals surface area contributed by atoms with Crippen molar-refractivity contribution in [2.45, 2.75) is 46.0 Å². The zero-order chi connectivity index (χ0) is 14.0. The fourth-order valence-electron chi connectivity index (χ4n) is 2.04. The number of carbonyl (C=O) groups excluding carboxylic acids is 1. The van der Waals surface area contributed by atoms with Crippen molar-refractivity contribution in [2.24, 2.45) is 0 Å². The van der Waals surface area contributed by atoms with Crippen molar-refractivity contribution in [3.63, 3.8) is 0 Å². The van der Waals surface area contributed by atoms with Crippen LogP contribution in [0, 0.1) is 6.92 Å². The van der Waals surface area contributed by atoms with Gasteiger partial charge < -0.3 is 14.2 Å². The van der Waals surface area contributed by atoms with Crippen LogP contribution in [0.3, 0.4) is 0 Å². The van der Waals surface area contributed by atoms with Crippen LogP contribution in [0.2, 0.25) is 0 Å². The van der Waals surface area contributed by atoms with E-state index >= 15 is 0 Å². The van der Waals surface area contributed by atoms with Gasteiger partial charge in [0.25, 0.3) is 0 Å². The number of nitrogens with zero attached hydrogens (tertiary/aromatic N) is 1. The second-order valence-electron chi connectivity index (χ2n) is 5.04. The Morgan fingerprint density at radius 2 is 2.26 bits per heavy atom. The fourth-order valence-corrected chi connectivity index (χ4v) is 2.04. The lowest BCUT2D eigenvalue weighted by atomic mass is 10.0. The van der Waals surface area contributed by atoms with Gasteiger partial charge in [0.15, 0.2) is 0 Å². The van der Waals surface area contributed by atoms with E-state index in [0.29, 0.717) is 19.4 Å². The Morgan fingerprint density at radius 3 is 2.95 bits per heavy atom. The first-order chi connectivity index (χ1) is 8.93. The molecule has 0 spiro atoms. The molecular formula is C14H19NO4. The average molecular weight is 265 g/mol. The third-order valence-corrected chi connectivity index (χ3v) is 3.14. The lowest BCUT2D eigenvalue weighted by Crippen LogP contribution is -2.36. The lowest BCUT2D eigenvalue weighted by Gasteiger charge is -2.34. The van der Waals surface area contributed by atoms with Crippen LogP contribution in [0.4, 0.5) is 0 Å². The molecule has 0 unspecified atom stereocenters. The van der Waals surface area contributed by atoms with Crippen LogP contribution in [-0.4, -0.2) is 23.9 Å². The molecule has 2 heterocycles. The number of esters is 1. The molecule has 1 aliphatic heterocycles. The van der Waals surface area contributed by atoms with Gasteiger partial charge in [-0.3, -0.25) is 9.78 Å². The Hall–Kier alpha value is -1.62. The number of hydrogen-bond acceptors (Lipinski definition) is 5. The molecule has 2 rings (SSSR count). The summed E-state index contributed by atoms with van der Waals surface area (Å²) in [5, 5.41) is 0. The van der Waals surface area contributed by atoms with Crippen molar-refractivity contribution in [2.75, 3.05) is 7.11 Å². The van der Waals surface area contributed by atoms with Gasteiger partial charge in [-0.2, -0.15) is 0 Å². The minimum atomic E-state index is -0.638. The number of pyridine rings is 1. The number of carbonyl (C=O) groups is 1. The predicted molar refractivity (Wildman–Crippen MR) is 68.8 cm³/mol. The van der Waals surface area contributed by atoms with Gasteiger partial charge in [-0.25, -0.2) is 0 Å². The second kappa shape index (κ2) is 5.17. The summed E-state index contributed by atoms with van der Waals surface area (Å²) in [6, 6.07) is 0. The van der Waals surface area contributed by atoms with Gasteiger partial charge in [-0.05, 0) is 18.9 Å². The number of hydrogen-bond donors (Lipinski definition) is 0. The highest BCUT2D eigenvalue weighted by Gasteiger charge is 2.30. The lowest BCUT2D eigenvalue weighted by molar-refractivity contribution is -0.180. The van der Waals surface area contributed by atoms with E-state index in [2.05, 4.69) is 9.72 Å². The van der Waals surface area contributed by atoms with E-state index in [1.54, 1.807) is 6.20 Å². The molecule has 0 aliphatic carbocycles. The molecule has 0 saturated heterocycles. The summed E-state index contributed by atoms with van der Waals surface area (Å²) >= 11 is 0. The molecule has 0 bridgehead atoms. The molecule has 1 aromatic heterocycles. The van der Waals surface area contributed by atoms with E-state index in [1.807, 2.05) is 20.8 Å². The van der Waals surface area contributed by atoms with Gasteiger partial charge in [0, 0.05) is 32.0 Å². The first kappa shape index (κ1) is 13.8. The van der Waals surface area contributed by atoms with Crippen LogP contribution in [0.25, 0.3) is 0 Å². The van der Waals surface area contributed by atoms with Gasteiger partial charge in [-0.15, -0.1) is 0 Å². The van der Waals surface area contributed by atoms with Crippen LogP contribution in [0.15, 0.2) is 6.20 Å². The Balaban J connectivity index is 2.25. The molecular weight excluding hydrogens is 246 g/mol. The highest BCUT2D eigenvalue weighted by atomic mass is 16.7. The van der Waals surface area contributed by atoms with Crippen molar-refractivity contribution in [1.29, 1.82) is 0 Å². The maximum absolute atomic E-state index is 11.2. The molecule has 0 N–H and O–H groups in total. The second-order valence-corrected chi connectivity index (χ2v) is 5.04. The highest BCUT2D eigenvalue weighted by molar-refractivity contribution is 5.69. The topological polar surface area (TPSA) is 57.7 Å². The molecule has 19 heavy (non-hydrogen) atoms. The van der Waals surface area contributed by atoms with Gasteiger partial charge >= 0.3 is 5.97 Å². The number of fused-ring (bicyclic) bond motifs is 1. The van der Waals surface area contributed by atoms with E-state index in [4.69, 9.17) is 9.47 Å².